The normalized spacial score (nSPS) is 14.8. The van der Waals surface area contributed by atoms with Gasteiger partial charge in [0, 0.05) is 6.92 Å². The van der Waals surface area contributed by atoms with Gasteiger partial charge in [0.1, 0.15) is 11.5 Å². The van der Waals surface area contributed by atoms with E-state index in [0.717, 1.165) is 11.5 Å². The van der Waals surface area contributed by atoms with Crippen molar-refractivity contribution in [2.24, 2.45) is 0 Å². The summed E-state index contributed by atoms with van der Waals surface area (Å²) in [6, 6.07) is 4.02. The van der Waals surface area contributed by atoms with Gasteiger partial charge in [-0.3, -0.25) is 5.32 Å². The second kappa shape index (κ2) is 4.71. The van der Waals surface area contributed by atoms with Crippen molar-refractivity contribution in [2.75, 3.05) is 0 Å². The molecule has 1 N–H and O–H groups in total. The molecule has 0 aliphatic heterocycles. The lowest BCUT2D eigenvalue weighted by Crippen LogP contribution is -2.22. The van der Waals surface area contributed by atoms with Gasteiger partial charge in [-0.05, 0) is 32.9 Å². The first kappa shape index (κ1) is 11.9. The third kappa shape index (κ3) is 2.74. The van der Waals surface area contributed by atoms with Gasteiger partial charge in [0.25, 0.3) is 0 Å². The molecule has 0 spiro atoms. The van der Waals surface area contributed by atoms with Crippen molar-refractivity contribution >= 4 is 0 Å². The van der Waals surface area contributed by atoms with Crippen LogP contribution in [-0.4, -0.2) is 10.2 Å². The summed E-state index contributed by atoms with van der Waals surface area (Å²) in [5.41, 5.74) is 0. The predicted octanol–water partition coefficient (Wildman–Crippen LogP) is 2.69. The average molecular weight is 235 g/mol. The molecule has 0 amide bonds. The lowest BCUT2D eigenvalue weighted by atomic mass is 10.2. The largest absolute Gasteiger partial charge is 0.465 e. The lowest BCUT2D eigenvalue weighted by Gasteiger charge is -2.15. The highest BCUT2D eigenvalue weighted by Crippen LogP contribution is 2.20. The molecule has 0 bridgehead atoms. The van der Waals surface area contributed by atoms with E-state index < -0.39 is 0 Å². The minimum absolute atomic E-state index is 0.00314. The van der Waals surface area contributed by atoms with Crippen molar-refractivity contribution in [3.8, 4) is 0 Å². The molecule has 2 rings (SSSR count). The molecule has 0 unspecified atom stereocenters. The molecule has 5 heteroatoms. The Morgan fingerprint density at radius 2 is 1.82 bits per heavy atom. The first-order chi connectivity index (χ1) is 8.06. The van der Waals surface area contributed by atoms with Gasteiger partial charge in [-0.25, -0.2) is 0 Å². The van der Waals surface area contributed by atoms with E-state index in [4.69, 9.17) is 8.83 Å². The van der Waals surface area contributed by atoms with Gasteiger partial charge in [0.2, 0.25) is 11.8 Å². The molecule has 0 aromatic carbocycles. The summed E-state index contributed by atoms with van der Waals surface area (Å²) in [5, 5.41) is 11.1. The molecule has 2 atom stereocenters. The van der Waals surface area contributed by atoms with E-state index in [1.54, 1.807) is 6.92 Å². The van der Waals surface area contributed by atoms with E-state index in [1.165, 1.54) is 0 Å². The van der Waals surface area contributed by atoms with Gasteiger partial charge in [-0.1, -0.05) is 0 Å². The monoisotopic (exact) mass is 235 g/mol. The molecule has 0 aliphatic rings. The van der Waals surface area contributed by atoms with Crippen LogP contribution < -0.4 is 5.32 Å². The fourth-order valence-electron chi connectivity index (χ4n) is 1.70. The zero-order valence-electron chi connectivity index (χ0n) is 10.5. The Morgan fingerprint density at radius 1 is 1.06 bits per heavy atom. The molecule has 0 saturated heterocycles. The second-order valence-electron chi connectivity index (χ2n) is 4.22. The van der Waals surface area contributed by atoms with Crippen molar-refractivity contribution in [3.63, 3.8) is 0 Å². The summed E-state index contributed by atoms with van der Waals surface area (Å²) < 4.78 is 10.9. The van der Waals surface area contributed by atoms with Gasteiger partial charge >= 0.3 is 0 Å². The van der Waals surface area contributed by atoms with Crippen LogP contribution in [0, 0.1) is 13.8 Å². The Bertz CT molecular complexity index is 445. The third-order valence-corrected chi connectivity index (χ3v) is 2.60. The number of rotatable bonds is 4. The molecule has 2 aromatic heterocycles. The molecule has 2 heterocycles. The molecule has 17 heavy (non-hydrogen) atoms. The highest BCUT2D eigenvalue weighted by atomic mass is 16.4. The summed E-state index contributed by atoms with van der Waals surface area (Å²) in [6.07, 6.45) is 0. The lowest BCUT2D eigenvalue weighted by molar-refractivity contribution is 0.349. The van der Waals surface area contributed by atoms with Crippen LogP contribution in [0.4, 0.5) is 0 Å². The number of nitrogens with one attached hydrogen (secondary N) is 1. The van der Waals surface area contributed by atoms with Gasteiger partial charge < -0.3 is 8.83 Å². The van der Waals surface area contributed by atoms with Crippen LogP contribution in [-0.2, 0) is 0 Å². The SMILES string of the molecule is Cc1ccc([C@H](C)N[C@H](C)c2nnc(C)o2)o1. The summed E-state index contributed by atoms with van der Waals surface area (Å²) >= 11 is 0. The fraction of sp³-hybridized carbons (Fsp3) is 0.500. The Kier molecular flexibility index (Phi) is 3.28. The Morgan fingerprint density at radius 3 is 2.35 bits per heavy atom. The molecule has 0 fully saturated rings. The van der Waals surface area contributed by atoms with Crippen LogP contribution in [0.1, 0.15) is 49.2 Å². The minimum atomic E-state index is -0.00314. The first-order valence-electron chi connectivity index (χ1n) is 5.68. The summed E-state index contributed by atoms with van der Waals surface area (Å²) in [7, 11) is 0. The maximum Gasteiger partial charge on any atom is 0.233 e. The maximum absolute atomic E-state index is 5.56. The number of hydrogen-bond donors (Lipinski definition) is 1. The summed E-state index contributed by atoms with van der Waals surface area (Å²) in [4.78, 5) is 0. The van der Waals surface area contributed by atoms with Gasteiger partial charge in [-0.15, -0.1) is 10.2 Å². The van der Waals surface area contributed by atoms with Crippen molar-refractivity contribution in [3.05, 3.63) is 35.4 Å². The number of furan rings is 1. The van der Waals surface area contributed by atoms with Gasteiger partial charge in [0.05, 0.1) is 12.1 Å². The molecule has 2 aromatic rings. The van der Waals surface area contributed by atoms with E-state index in [9.17, 15) is 0 Å². The van der Waals surface area contributed by atoms with Crippen LogP contribution >= 0.6 is 0 Å². The molecule has 5 nitrogen and oxygen atoms in total. The Labute approximate surface area is 100 Å². The predicted molar refractivity (Wildman–Crippen MR) is 62.4 cm³/mol. The van der Waals surface area contributed by atoms with Gasteiger partial charge in [-0.2, -0.15) is 0 Å². The van der Waals surface area contributed by atoms with E-state index in [2.05, 4.69) is 15.5 Å². The van der Waals surface area contributed by atoms with Crippen molar-refractivity contribution in [1.82, 2.24) is 15.5 Å². The highest BCUT2D eigenvalue weighted by Gasteiger charge is 2.17. The zero-order valence-corrected chi connectivity index (χ0v) is 10.5. The minimum Gasteiger partial charge on any atom is -0.465 e. The van der Waals surface area contributed by atoms with E-state index in [0.29, 0.717) is 11.8 Å². The van der Waals surface area contributed by atoms with Gasteiger partial charge in [0.15, 0.2) is 0 Å². The average Bonchev–Trinajstić information content (AvgIpc) is 2.87. The molecular weight excluding hydrogens is 218 g/mol. The zero-order chi connectivity index (χ0) is 12.4. The van der Waals surface area contributed by atoms with Crippen LogP contribution in [0.25, 0.3) is 0 Å². The Balaban J connectivity index is 2.01. The van der Waals surface area contributed by atoms with Crippen LogP contribution in [0.5, 0.6) is 0 Å². The van der Waals surface area contributed by atoms with E-state index in [1.807, 2.05) is 32.9 Å². The topological polar surface area (TPSA) is 64.1 Å². The highest BCUT2D eigenvalue weighted by molar-refractivity contribution is 5.09. The van der Waals surface area contributed by atoms with Crippen LogP contribution in [0.2, 0.25) is 0 Å². The number of aromatic nitrogens is 2. The molecule has 0 saturated carbocycles. The molecule has 0 radical (unpaired) electrons. The van der Waals surface area contributed by atoms with Crippen molar-refractivity contribution < 1.29 is 8.83 Å². The second-order valence-corrected chi connectivity index (χ2v) is 4.22. The van der Waals surface area contributed by atoms with Crippen LogP contribution in [0.3, 0.4) is 0 Å². The van der Waals surface area contributed by atoms with Crippen molar-refractivity contribution in [2.45, 2.75) is 39.8 Å². The summed E-state index contributed by atoms with van der Waals surface area (Å²) in [6.45, 7) is 7.74. The van der Waals surface area contributed by atoms with Crippen molar-refractivity contribution in [1.29, 1.82) is 0 Å². The summed E-state index contributed by atoms with van der Waals surface area (Å²) in [5.74, 6) is 2.99. The van der Waals surface area contributed by atoms with E-state index in [-0.39, 0.29) is 12.1 Å². The number of hydrogen-bond acceptors (Lipinski definition) is 5. The standard InChI is InChI=1S/C12H17N3O2/c1-7-5-6-11(16-7)8(2)13-9(3)12-15-14-10(4)17-12/h5-6,8-9,13H,1-4H3/t8-,9+/m0/s1. The fourth-order valence-corrected chi connectivity index (χ4v) is 1.70. The first-order valence-corrected chi connectivity index (χ1v) is 5.68. The molecular formula is C12H17N3O2. The molecule has 92 valence electrons. The maximum atomic E-state index is 5.56. The third-order valence-electron chi connectivity index (χ3n) is 2.60. The Hall–Kier alpha value is -1.62. The molecule has 0 aliphatic carbocycles. The number of nitrogens with zero attached hydrogens (tertiary/aromatic N) is 2. The van der Waals surface area contributed by atoms with E-state index >= 15 is 0 Å². The number of aryl methyl sites for hydroxylation is 2. The van der Waals surface area contributed by atoms with Crippen LogP contribution in [0.15, 0.2) is 21.0 Å². The smallest absolute Gasteiger partial charge is 0.233 e. The quantitative estimate of drug-likeness (QED) is 0.882.